The summed E-state index contributed by atoms with van der Waals surface area (Å²) in [6.45, 7) is 3.48. The van der Waals surface area contributed by atoms with Gasteiger partial charge in [-0.15, -0.1) is 0 Å². The predicted molar refractivity (Wildman–Crippen MR) is 94.7 cm³/mol. The summed E-state index contributed by atoms with van der Waals surface area (Å²) in [6, 6.07) is 9.93. The molecule has 6 nitrogen and oxygen atoms in total. The first-order valence-electron chi connectivity index (χ1n) is 8.60. The van der Waals surface area contributed by atoms with E-state index in [9.17, 15) is 4.79 Å². The highest BCUT2D eigenvalue weighted by molar-refractivity contribution is 5.94. The number of imidazole rings is 1. The first kappa shape index (κ1) is 15.6. The van der Waals surface area contributed by atoms with Gasteiger partial charge < -0.3 is 9.47 Å². The second-order valence-corrected chi connectivity index (χ2v) is 6.51. The van der Waals surface area contributed by atoms with Gasteiger partial charge in [0.1, 0.15) is 0 Å². The van der Waals surface area contributed by atoms with Crippen LogP contribution in [0.1, 0.15) is 34.9 Å². The number of rotatable bonds is 3. The van der Waals surface area contributed by atoms with Gasteiger partial charge in [-0.05, 0) is 44.0 Å². The van der Waals surface area contributed by atoms with Crippen molar-refractivity contribution in [2.75, 3.05) is 13.1 Å². The van der Waals surface area contributed by atoms with Crippen LogP contribution in [0, 0.1) is 6.92 Å². The molecular weight excluding hydrogens is 314 g/mol. The molecular formula is C19H21N5O. The maximum atomic E-state index is 13.0. The van der Waals surface area contributed by atoms with Crippen molar-refractivity contribution >= 4 is 5.91 Å². The van der Waals surface area contributed by atoms with Crippen LogP contribution in [0.15, 0.2) is 55.2 Å². The zero-order valence-corrected chi connectivity index (χ0v) is 14.2. The molecule has 0 unspecified atom stereocenters. The summed E-state index contributed by atoms with van der Waals surface area (Å²) in [4.78, 5) is 19.0. The number of hydrogen-bond acceptors (Lipinski definition) is 3. The van der Waals surface area contributed by atoms with Gasteiger partial charge in [-0.1, -0.05) is 6.07 Å². The van der Waals surface area contributed by atoms with Gasteiger partial charge >= 0.3 is 0 Å². The summed E-state index contributed by atoms with van der Waals surface area (Å²) in [5, 5.41) is 4.42. The lowest BCUT2D eigenvalue weighted by Crippen LogP contribution is -2.40. The Kier molecular flexibility index (Phi) is 4.09. The topological polar surface area (TPSA) is 56.0 Å². The van der Waals surface area contributed by atoms with Crippen molar-refractivity contribution < 1.29 is 4.79 Å². The molecule has 0 aliphatic carbocycles. The first-order valence-corrected chi connectivity index (χ1v) is 8.60. The van der Waals surface area contributed by atoms with Gasteiger partial charge in [0, 0.05) is 37.2 Å². The van der Waals surface area contributed by atoms with Crippen LogP contribution >= 0.6 is 0 Å². The van der Waals surface area contributed by atoms with Gasteiger partial charge in [-0.2, -0.15) is 5.10 Å². The molecule has 1 aliphatic rings. The third kappa shape index (κ3) is 3.20. The lowest BCUT2D eigenvalue weighted by molar-refractivity contribution is 0.0679. The van der Waals surface area contributed by atoms with E-state index < -0.39 is 0 Å². The van der Waals surface area contributed by atoms with E-state index in [-0.39, 0.29) is 5.91 Å². The number of hydrogen-bond donors (Lipinski definition) is 0. The van der Waals surface area contributed by atoms with Crippen LogP contribution in [-0.4, -0.2) is 43.2 Å². The van der Waals surface area contributed by atoms with E-state index in [4.69, 9.17) is 0 Å². The average molecular weight is 335 g/mol. The maximum absolute atomic E-state index is 13.0. The van der Waals surface area contributed by atoms with Gasteiger partial charge in [-0.25, -0.2) is 9.67 Å². The fraction of sp³-hybridized carbons (Fsp3) is 0.316. The first-order chi connectivity index (χ1) is 12.2. The Balaban J connectivity index is 1.54. The molecule has 3 heterocycles. The highest BCUT2D eigenvalue weighted by Crippen LogP contribution is 2.23. The van der Waals surface area contributed by atoms with Gasteiger partial charge in [0.2, 0.25) is 0 Å². The van der Waals surface area contributed by atoms with E-state index in [1.807, 2.05) is 60.9 Å². The Bertz CT molecular complexity index is 868. The number of aryl methyl sites for hydroxylation is 1. The van der Waals surface area contributed by atoms with Crippen molar-refractivity contribution in [3.8, 4) is 5.69 Å². The predicted octanol–water partition coefficient (Wildman–Crippen LogP) is 2.85. The number of benzene rings is 1. The summed E-state index contributed by atoms with van der Waals surface area (Å²) in [6.07, 6.45) is 9.59. The van der Waals surface area contributed by atoms with E-state index in [0.717, 1.165) is 37.3 Å². The second-order valence-electron chi connectivity index (χ2n) is 6.51. The largest absolute Gasteiger partial charge is 0.337 e. The van der Waals surface area contributed by atoms with Crippen LogP contribution in [0.5, 0.6) is 0 Å². The molecule has 25 heavy (non-hydrogen) atoms. The number of amides is 1. The van der Waals surface area contributed by atoms with E-state index in [0.29, 0.717) is 11.6 Å². The van der Waals surface area contributed by atoms with E-state index in [1.165, 1.54) is 0 Å². The Morgan fingerprint density at radius 3 is 2.92 bits per heavy atom. The molecule has 128 valence electrons. The minimum Gasteiger partial charge on any atom is -0.337 e. The number of likely N-dealkylation sites (tertiary alicyclic amines) is 1. The molecule has 0 spiro atoms. The molecule has 1 aliphatic heterocycles. The number of carbonyl (C=O) groups excluding carboxylic acids is 1. The van der Waals surface area contributed by atoms with Crippen molar-refractivity contribution in [2.45, 2.75) is 25.8 Å². The molecule has 0 radical (unpaired) electrons. The summed E-state index contributed by atoms with van der Waals surface area (Å²) < 4.78 is 3.90. The standard InChI is InChI=1S/C19H21N5O/c1-15-7-10-24(21-15)17-5-2-4-16(12-17)19(25)22-9-3-6-18(13-22)23-11-8-20-14-23/h2,4-5,7-8,10-12,14,18H,3,6,9,13H2,1H3/t18-/m1/s1. The summed E-state index contributed by atoms with van der Waals surface area (Å²) in [7, 11) is 0. The highest BCUT2D eigenvalue weighted by atomic mass is 16.2. The highest BCUT2D eigenvalue weighted by Gasteiger charge is 2.25. The molecule has 1 fully saturated rings. The molecule has 0 N–H and O–H groups in total. The average Bonchev–Trinajstić information content (AvgIpc) is 3.33. The van der Waals surface area contributed by atoms with E-state index >= 15 is 0 Å². The van der Waals surface area contributed by atoms with Crippen LogP contribution in [0.2, 0.25) is 0 Å². The van der Waals surface area contributed by atoms with E-state index in [1.54, 1.807) is 10.9 Å². The summed E-state index contributed by atoms with van der Waals surface area (Å²) >= 11 is 0. The SMILES string of the molecule is Cc1ccn(-c2cccc(C(=O)N3CCC[C@@H](n4ccnc4)C3)c2)n1. The summed E-state index contributed by atoms with van der Waals surface area (Å²) in [5.41, 5.74) is 2.56. The second kappa shape index (κ2) is 6.55. The lowest BCUT2D eigenvalue weighted by Gasteiger charge is -2.33. The third-order valence-electron chi connectivity index (χ3n) is 4.71. The van der Waals surface area contributed by atoms with Crippen molar-refractivity contribution in [1.29, 1.82) is 0 Å². The van der Waals surface area contributed by atoms with Crippen LogP contribution in [0.25, 0.3) is 5.69 Å². The Hall–Kier alpha value is -2.89. The normalized spacial score (nSPS) is 17.6. The number of nitrogens with zero attached hydrogens (tertiary/aromatic N) is 5. The zero-order chi connectivity index (χ0) is 17.2. The number of aromatic nitrogens is 4. The molecule has 0 bridgehead atoms. The monoisotopic (exact) mass is 335 g/mol. The van der Waals surface area contributed by atoms with Crippen LogP contribution in [0.4, 0.5) is 0 Å². The number of piperidine rings is 1. The van der Waals surface area contributed by atoms with Gasteiger partial charge in [0.05, 0.1) is 23.8 Å². The van der Waals surface area contributed by atoms with Crippen molar-refractivity contribution in [1.82, 2.24) is 24.2 Å². The Morgan fingerprint density at radius 2 is 2.16 bits per heavy atom. The Labute approximate surface area is 146 Å². The molecule has 2 aromatic heterocycles. The van der Waals surface area contributed by atoms with Crippen LogP contribution in [0.3, 0.4) is 0 Å². The molecule has 1 aromatic carbocycles. The minimum atomic E-state index is 0.0792. The molecule has 1 amide bonds. The van der Waals surface area contributed by atoms with Crippen molar-refractivity contribution in [2.24, 2.45) is 0 Å². The molecule has 0 saturated carbocycles. The number of carbonyl (C=O) groups is 1. The fourth-order valence-electron chi connectivity index (χ4n) is 3.39. The lowest BCUT2D eigenvalue weighted by atomic mass is 10.0. The smallest absolute Gasteiger partial charge is 0.254 e. The Morgan fingerprint density at radius 1 is 1.24 bits per heavy atom. The summed E-state index contributed by atoms with van der Waals surface area (Å²) in [5.74, 6) is 0.0792. The quantitative estimate of drug-likeness (QED) is 0.739. The zero-order valence-electron chi connectivity index (χ0n) is 14.2. The molecule has 1 atom stereocenters. The molecule has 4 rings (SSSR count). The molecule has 1 saturated heterocycles. The van der Waals surface area contributed by atoms with E-state index in [2.05, 4.69) is 14.6 Å². The van der Waals surface area contributed by atoms with Gasteiger partial charge in [0.25, 0.3) is 5.91 Å². The minimum absolute atomic E-state index is 0.0792. The third-order valence-corrected chi connectivity index (χ3v) is 4.71. The molecule has 6 heteroatoms. The van der Waals surface area contributed by atoms with Crippen LogP contribution in [-0.2, 0) is 0 Å². The molecule has 3 aromatic rings. The van der Waals surface area contributed by atoms with Gasteiger partial charge in [-0.3, -0.25) is 4.79 Å². The fourth-order valence-corrected chi connectivity index (χ4v) is 3.39. The van der Waals surface area contributed by atoms with Gasteiger partial charge in [0.15, 0.2) is 0 Å². The van der Waals surface area contributed by atoms with Crippen LogP contribution < -0.4 is 0 Å². The maximum Gasteiger partial charge on any atom is 0.254 e. The van der Waals surface area contributed by atoms with Crippen molar-refractivity contribution in [3.05, 3.63) is 66.5 Å². The van der Waals surface area contributed by atoms with Crippen molar-refractivity contribution in [3.63, 3.8) is 0 Å².